The van der Waals surface area contributed by atoms with Gasteiger partial charge in [0.15, 0.2) is 11.2 Å². The smallest absolute Gasteiger partial charge is 0.332 e. The summed E-state index contributed by atoms with van der Waals surface area (Å²) in [5.74, 6) is 0.260. The molecule has 0 fully saturated rings. The highest BCUT2D eigenvalue weighted by atomic mass is 79.9. The minimum atomic E-state index is -0.480. The van der Waals surface area contributed by atoms with Crippen molar-refractivity contribution in [3.8, 4) is 0 Å². The summed E-state index contributed by atoms with van der Waals surface area (Å²) >= 11 is 3.43. The molecule has 3 aromatic rings. The zero-order valence-corrected chi connectivity index (χ0v) is 15.8. The number of aliphatic hydroxyl groups excluding tert-OH is 1. The lowest BCUT2D eigenvalue weighted by Gasteiger charge is -2.07. The van der Waals surface area contributed by atoms with Crippen molar-refractivity contribution in [2.24, 2.45) is 19.2 Å². The Morgan fingerprint density at radius 3 is 2.69 bits per heavy atom. The van der Waals surface area contributed by atoms with E-state index in [4.69, 9.17) is 0 Å². The normalized spacial score (nSPS) is 11.5. The summed E-state index contributed by atoms with van der Waals surface area (Å²) in [4.78, 5) is 28.9. The quantitative estimate of drug-likeness (QED) is 0.465. The van der Waals surface area contributed by atoms with Crippen molar-refractivity contribution in [3.05, 3.63) is 55.1 Å². The first-order valence-electron chi connectivity index (χ1n) is 7.76. The second-order valence-corrected chi connectivity index (χ2v) is 6.43. The number of anilines is 1. The van der Waals surface area contributed by atoms with E-state index in [2.05, 4.69) is 31.4 Å². The number of aryl methyl sites for hydroxylation is 1. The average molecular weight is 421 g/mol. The number of hydrogen-bond donors (Lipinski definition) is 2. The molecular formula is C16H17BrN6O3. The van der Waals surface area contributed by atoms with Crippen molar-refractivity contribution >= 4 is 39.3 Å². The lowest BCUT2D eigenvalue weighted by atomic mass is 10.2. The summed E-state index contributed by atoms with van der Waals surface area (Å²) in [6.07, 6.45) is 1.60. The maximum atomic E-state index is 12.5. The molecule has 0 aliphatic carbocycles. The lowest BCUT2D eigenvalue weighted by molar-refractivity contribution is 0.278. The molecule has 0 saturated heterocycles. The van der Waals surface area contributed by atoms with Gasteiger partial charge in [0.1, 0.15) is 0 Å². The van der Waals surface area contributed by atoms with E-state index >= 15 is 0 Å². The van der Waals surface area contributed by atoms with Gasteiger partial charge in [0.25, 0.3) is 5.56 Å². The predicted octanol–water partition coefficient (Wildman–Crippen LogP) is 0.634. The Morgan fingerprint density at radius 1 is 1.27 bits per heavy atom. The molecule has 2 N–H and O–H groups in total. The van der Waals surface area contributed by atoms with Crippen molar-refractivity contribution in [3.63, 3.8) is 0 Å². The molecule has 9 nitrogen and oxygen atoms in total. The van der Waals surface area contributed by atoms with Crippen LogP contribution in [0.25, 0.3) is 11.2 Å². The van der Waals surface area contributed by atoms with Crippen molar-refractivity contribution in [1.29, 1.82) is 0 Å². The van der Waals surface area contributed by atoms with Gasteiger partial charge in [0.05, 0.1) is 12.8 Å². The minimum absolute atomic E-state index is 0.136. The number of aromatic nitrogens is 4. The fourth-order valence-electron chi connectivity index (χ4n) is 2.59. The van der Waals surface area contributed by atoms with Crippen LogP contribution in [0.2, 0.25) is 0 Å². The van der Waals surface area contributed by atoms with Crippen LogP contribution in [0, 0.1) is 0 Å². The number of imidazole rings is 1. The molecule has 0 aliphatic rings. The Labute approximate surface area is 156 Å². The number of benzene rings is 1. The van der Waals surface area contributed by atoms with Gasteiger partial charge in [-0.3, -0.25) is 13.9 Å². The first kappa shape index (κ1) is 18.1. The summed E-state index contributed by atoms with van der Waals surface area (Å²) in [6.45, 7) is -0.0586. The summed E-state index contributed by atoms with van der Waals surface area (Å²) in [6, 6.07) is 7.55. The molecule has 10 heteroatoms. The van der Waals surface area contributed by atoms with Crippen LogP contribution in [0.3, 0.4) is 0 Å². The van der Waals surface area contributed by atoms with Crippen molar-refractivity contribution in [2.75, 3.05) is 12.0 Å². The van der Waals surface area contributed by atoms with Crippen LogP contribution in [0.1, 0.15) is 5.56 Å². The van der Waals surface area contributed by atoms with E-state index in [1.807, 2.05) is 24.3 Å². The number of hydrogen-bond acceptors (Lipinski definition) is 6. The van der Waals surface area contributed by atoms with Crippen LogP contribution in [-0.2, 0) is 20.6 Å². The molecule has 0 spiro atoms. The number of fused-ring (bicyclic) bond motifs is 1. The molecule has 26 heavy (non-hydrogen) atoms. The van der Waals surface area contributed by atoms with Crippen LogP contribution in [0.5, 0.6) is 0 Å². The van der Waals surface area contributed by atoms with Crippen LogP contribution < -0.4 is 16.7 Å². The van der Waals surface area contributed by atoms with Gasteiger partial charge < -0.3 is 9.67 Å². The van der Waals surface area contributed by atoms with E-state index in [1.54, 1.807) is 6.21 Å². The van der Waals surface area contributed by atoms with Gasteiger partial charge in [-0.2, -0.15) is 10.1 Å². The zero-order chi connectivity index (χ0) is 18.8. The molecule has 0 radical (unpaired) electrons. The third-order valence-corrected chi connectivity index (χ3v) is 4.67. The second kappa shape index (κ2) is 7.26. The molecule has 0 unspecified atom stereocenters. The Morgan fingerprint density at radius 2 is 2.00 bits per heavy atom. The van der Waals surface area contributed by atoms with Gasteiger partial charge in [-0.05, 0) is 6.07 Å². The number of nitrogens with one attached hydrogen (secondary N) is 1. The SMILES string of the molecule is Cn1c(=O)c2c(nc(N/N=C/c3ccccc3Br)n2CCO)n(C)c1=O. The fraction of sp³-hybridized carbons (Fsp3) is 0.250. The third-order valence-electron chi connectivity index (χ3n) is 3.94. The molecule has 0 bridgehead atoms. The van der Waals surface area contributed by atoms with E-state index in [1.165, 1.54) is 23.2 Å². The molecule has 1 aromatic carbocycles. The number of hydrazone groups is 1. The van der Waals surface area contributed by atoms with Gasteiger partial charge in [-0.1, -0.05) is 34.1 Å². The number of aliphatic hydroxyl groups is 1. The highest BCUT2D eigenvalue weighted by Gasteiger charge is 2.18. The van der Waals surface area contributed by atoms with Crippen LogP contribution in [0.15, 0.2) is 43.4 Å². The first-order valence-corrected chi connectivity index (χ1v) is 8.55. The van der Waals surface area contributed by atoms with Gasteiger partial charge >= 0.3 is 5.69 Å². The molecule has 0 atom stereocenters. The van der Waals surface area contributed by atoms with Gasteiger partial charge in [0.2, 0.25) is 5.95 Å². The third kappa shape index (κ3) is 3.08. The van der Waals surface area contributed by atoms with Crippen molar-refractivity contribution < 1.29 is 5.11 Å². The maximum absolute atomic E-state index is 12.5. The number of halogens is 1. The number of nitrogens with zero attached hydrogens (tertiary/aromatic N) is 5. The largest absolute Gasteiger partial charge is 0.395 e. The Balaban J connectivity index is 2.08. The van der Waals surface area contributed by atoms with Gasteiger partial charge in [-0.15, -0.1) is 0 Å². The van der Waals surface area contributed by atoms with E-state index in [9.17, 15) is 14.7 Å². The Hall–Kier alpha value is -2.72. The first-order chi connectivity index (χ1) is 12.5. The molecule has 2 aromatic heterocycles. The molecule has 0 amide bonds. The second-order valence-electron chi connectivity index (χ2n) is 5.58. The average Bonchev–Trinajstić information content (AvgIpc) is 2.99. The standard InChI is InChI=1S/C16H17BrN6O3/c1-21-13-12(14(25)22(2)16(21)26)23(7-8-24)15(19-13)20-18-9-10-5-3-4-6-11(10)17/h3-6,9,24H,7-8H2,1-2H3,(H,19,20)/b18-9+. The van der Waals surface area contributed by atoms with E-state index in [0.717, 1.165) is 14.6 Å². The highest BCUT2D eigenvalue weighted by molar-refractivity contribution is 9.10. The highest BCUT2D eigenvalue weighted by Crippen LogP contribution is 2.16. The van der Waals surface area contributed by atoms with Crippen LogP contribution in [-0.4, -0.2) is 36.6 Å². The predicted molar refractivity (Wildman–Crippen MR) is 103 cm³/mol. The molecule has 3 rings (SSSR count). The number of rotatable bonds is 5. The molecule has 136 valence electrons. The van der Waals surface area contributed by atoms with Crippen molar-refractivity contribution in [1.82, 2.24) is 18.7 Å². The summed E-state index contributed by atoms with van der Waals surface area (Å²) in [7, 11) is 2.94. The zero-order valence-electron chi connectivity index (χ0n) is 14.2. The summed E-state index contributed by atoms with van der Waals surface area (Å²) in [5, 5.41) is 13.5. The Bertz CT molecular complexity index is 1110. The molecular weight excluding hydrogens is 404 g/mol. The molecule has 2 heterocycles. The minimum Gasteiger partial charge on any atom is -0.395 e. The van der Waals surface area contributed by atoms with E-state index < -0.39 is 11.2 Å². The van der Waals surface area contributed by atoms with Crippen molar-refractivity contribution in [2.45, 2.75) is 6.54 Å². The molecule has 0 aliphatic heterocycles. The van der Waals surface area contributed by atoms with E-state index in [0.29, 0.717) is 0 Å². The fourth-order valence-corrected chi connectivity index (χ4v) is 2.98. The maximum Gasteiger partial charge on any atom is 0.332 e. The van der Waals surface area contributed by atoms with Crippen LogP contribution in [0.4, 0.5) is 5.95 Å². The summed E-state index contributed by atoms with van der Waals surface area (Å²) < 4.78 is 4.68. The monoisotopic (exact) mass is 420 g/mol. The lowest BCUT2D eigenvalue weighted by Crippen LogP contribution is -2.37. The topological polar surface area (TPSA) is 106 Å². The van der Waals surface area contributed by atoms with E-state index in [-0.39, 0.29) is 30.3 Å². The summed E-state index contributed by atoms with van der Waals surface area (Å²) in [5.41, 5.74) is 3.14. The Kier molecular flexibility index (Phi) is 5.05. The molecule has 0 saturated carbocycles. The van der Waals surface area contributed by atoms with Crippen LogP contribution >= 0.6 is 15.9 Å². The van der Waals surface area contributed by atoms with Gasteiger partial charge in [-0.25, -0.2) is 10.2 Å². The van der Waals surface area contributed by atoms with Gasteiger partial charge in [0, 0.05) is 30.7 Å².